The van der Waals surface area contributed by atoms with Gasteiger partial charge in [0.1, 0.15) is 18.1 Å². The third kappa shape index (κ3) is 5.47. The summed E-state index contributed by atoms with van der Waals surface area (Å²) in [6.45, 7) is 0.122. The summed E-state index contributed by atoms with van der Waals surface area (Å²) in [5.74, 6) is -0.425. The van der Waals surface area contributed by atoms with Crippen LogP contribution in [0.25, 0.3) is 0 Å². The highest BCUT2D eigenvalue weighted by Gasteiger charge is 2.17. The number of benzene rings is 2. The molecule has 3 aromatic rings. The van der Waals surface area contributed by atoms with Gasteiger partial charge in [0, 0.05) is 4.47 Å². The van der Waals surface area contributed by atoms with Gasteiger partial charge >= 0.3 is 5.91 Å². The van der Waals surface area contributed by atoms with Crippen molar-refractivity contribution in [2.75, 3.05) is 0 Å². The molecule has 2 amide bonds. The quantitative estimate of drug-likeness (QED) is 0.450. The molecule has 4 N–H and O–H groups in total. The van der Waals surface area contributed by atoms with Gasteiger partial charge in [-0.3, -0.25) is 20.4 Å². The van der Waals surface area contributed by atoms with Crippen molar-refractivity contribution in [3.63, 3.8) is 0 Å². The maximum Gasteiger partial charge on any atom is 0.305 e. The lowest BCUT2D eigenvalue weighted by Gasteiger charge is -2.09. The monoisotopic (exact) mass is 493 g/mol. The Hall–Kier alpha value is -3.15. The number of primary sulfonamides is 1. The Bertz CT molecular complexity index is 1180. The van der Waals surface area contributed by atoms with Gasteiger partial charge in [-0.05, 0) is 58.4 Å². The number of para-hydroxylation sites is 1. The molecule has 156 valence electrons. The molecule has 9 nitrogen and oxygen atoms in total. The van der Waals surface area contributed by atoms with E-state index in [4.69, 9.17) is 14.3 Å². The van der Waals surface area contributed by atoms with Gasteiger partial charge in [-0.1, -0.05) is 18.2 Å². The summed E-state index contributed by atoms with van der Waals surface area (Å²) in [5.41, 5.74) is 4.35. The largest absolute Gasteiger partial charge is 0.486 e. The van der Waals surface area contributed by atoms with Gasteiger partial charge in [0.15, 0.2) is 5.76 Å². The first kappa shape index (κ1) is 21.6. The zero-order chi connectivity index (χ0) is 21.7. The molecule has 0 saturated carbocycles. The summed E-state index contributed by atoms with van der Waals surface area (Å²) < 4.78 is 34.2. The van der Waals surface area contributed by atoms with Gasteiger partial charge < -0.3 is 9.15 Å². The van der Waals surface area contributed by atoms with Gasteiger partial charge in [-0.15, -0.1) is 0 Å². The molecule has 0 spiro atoms. The van der Waals surface area contributed by atoms with E-state index in [9.17, 15) is 18.0 Å². The molecule has 0 aliphatic carbocycles. The number of nitrogens with two attached hydrogens (primary N) is 1. The fourth-order valence-corrected chi connectivity index (χ4v) is 3.31. The first-order valence-corrected chi connectivity index (χ1v) is 10.8. The highest BCUT2D eigenvalue weighted by Crippen LogP contribution is 2.20. The summed E-state index contributed by atoms with van der Waals surface area (Å²) in [5, 5.41) is 5.07. The lowest BCUT2D eigenvalue weighted by Crippen LogP contribution is -2.41. The summed E-state index contributed by atoms with van der Waals surface area (Å²) in [6, 6.07) is 15.8. The maximum atomic E-state index is 12.3. The molecule has 0 radical (unpaired) electrons. The van der Waals surface area contributed by atoms with Crippen LogP contribution in [0.5, 0.6) is 5.75 Å². The molecule has 3 rings (SSSR count). The zero-order valence-corrected chi connectivity index (χ0v) is 17.7. The van der Waals surface area contributed by atoms with Crippen LogP contribution in [0, 0.1) is 0 Å². The van der Waals surface area contributed by atoms with Crippen LogP contribution < -0.4 is 20.7 Å². The molecule has 30 heavy (non-hydrogen) atoms. The number of hydrazine groups is 1. The average Bonchev–Trinajstić information content (AvgIpc) is 3.19. The Balaban J connectivity index is 1.59. The van der Waals surface area contributed by atoms with Crippen LogP contribution in [-0.2, 0) is 16.6 Å². The minimum Gasteiger partial charge on any atom is -0.486 e. The van der Waals surface area contributed by atoms with E-state index in [1.807, 2.05) is 18.2 Å². The lowest BCUT2D eigenvalue weighted by atomic mass is 10.2. The summed E-state index contributed by atoms with van der Waals surface area (Å²) in [4.78, 5) is 24.3. The number of carbonyl (C=O) groups excluding carboxylic acids is 2. The van der Waals surface area contributed by atoms with Crippen molar-refractivity contribution in [1.82, 2.24) is 10.9 Å². The zero-order valence-electron chi connectivity index (χ0n) is 15.3. The third-order valence-corrected chi connectivity index (χ3v) is 5.41. The van der Waals surface area contributed by atoms with Crippen LogP contribution in [0.3, 0.4) is 0 Å². The fraction of sp³-hybridized carbons (Fsp3) is 0.0526. The standard InChI is InChI=1S/C19H16BrN3O6S/c20-16-8-7-14(30(21,26)27)10-15(16)18(24)22-23-19(25)17-9-6-13(29-17)11-28-12-4-2-1-3-5-12/h1-10H,11H2,(H,22,24)(H,23,25)(H2,21,26,27). The molecular weight excluding hydrogens is 478 g/mol. The van der Waals surface area contributed by atoms with Gasteiger partial charge in [0.05, 0.1) is 10.5 Å². The van der Waals surface area contributed by atoms with Gasteiger partial charge in [-0.2, -0.15) is 0 Å². The van der Waals surface area contributed by atoms with Gasteiger partial charge in [0.25, 0.3) is 5.91 Å². The molecule has 0 bridgehead atoms. The van der Waals surface area contributed by atoms with E-state index in [2.05, 4.69) is 26.8 Å². The van der Waals surface area contributed by atoms with E-state index in [1.165, 1.54) is 18.2 Å². The van der Waals surface area contributed by atoms with Crippen molar-refractivity contribution in [3.05, 3.63) is 82.2 Å². The number of ether oxygens (including phenoxy) is 1. The SMILES string of the molecule is NS(=O)(=O)c1ccc(Br)c(C(=O)NNC(=O)c2ccc(COc3ccccc3)o2)c1. The smallest absolute Gasteiger partial charge is 0.305 e. The van der Waals surface area contributed by atoms with Crippen molar-refractivity contribution in [2.45, 2.75) is 11.5 Å². The minimum atomic E-state index is -3.99. The number of carbonyl (C=O) groups is 2. The van der Waals surface area contributed by atoms with Crippen LogP contribution in [0.2, 0.25) is 0 Å². The molecule has 0 aliphatic heterocycles. The van der Waals surface area contributed by atoms with Crippen molar-refractivity contribution < 1.29 is 27.2 Å². The van der Waals surface area contributed by atoms with Crippen molar-refractivity contribution >= 4 is 37.8 Å². The normalized spacial score (nSPS) is 11.0. The maximum absolute atomic E-state index is 12.3. The number of hydrogen-bond donors (Lipinski definition) is 3. The second kappa shape index (κ2) is 9.11. The molecule has 1 aromatic heterocycles. The first-order chi connectivity index (χ1) is 14.2. The number of rotatable bonds is 6. The second-order valence-electron chi connectivity index (χ2n) is 5.96. The van der Waals surface area contributed by atoms with E-state index in [0.29, 0.717) is 16.0 Å². The molecule has 0 unspecified atom stereocenters. The molecule has 0 atom stereocenters. The van der Waals surface area contributed by atoms with Crippen LogP contribution in [0.1, 0.15) is 26.7 Å². The number of halogens is 1. The second-order valence-corrected chi connectivity index (χ2v) is 8.38. The Kier molecular flexibility index (Phi) is 6.55. The Morgan fingerprint density at radius 2 is 1.70 bits per heavy atom. The Labute approximate surface area is 180 Å². The molecule has 0 fully saturated rings. The Morgan fingerprint density at radius 3 is 2.40 bits per heavy atom. The molecular formula is C19H16BrN3O6S. The predicted molar refractivity (Wildman–Crippen MR) is 110 cm³/mol. The number of amides is 2. The summed E-state index contributed by atoms with van der Waals surface area (Å²) in [7, 11) is -3.99. The first-order valence-electron chi connectivity index (χ1n) is 8.43. The Morgan fingerprint density at radius 1 is 1.00 bits per heavy atom. The molecule has 2 aromatic carbocycles. The fourth-order valence-electron chi connectivity index (χ4n) is 2.35. The highest BCUT2D eigenvalue weighted by atomic mass is 79.9. The van der Waals surface area contributed by atoms with Crippen molar-refractivity contribution in [2.24, 2.45) is 5.14 Å². The molecule has 1 heterocycles. The minimum absolute atomic E-state index is 0.0294. The van der Waals surface area contributed by atoms with Crippen molar-refractivity contribution in [1.29, 1.82) is 0 Å². The number of nitrogens with one attached hydrogen (secondary N) is 2. The summed E-state index contributed by atoms with van der Waals surface area (Å²) in [6.07, 6.45) is 0. The highest BCUT2D eigenvalue weighted by molar-refractivity contribution is 9.10. The van der Waals surface area contributed by atoms with E-state index in [-0.39, 0.29) is 22.8 Å². The van der Waals surface area contributed by atoms with Crippen molar-refractivity contribution in [3.8, 4) is 5.75 Å². The number of hydrogen-bond acceptors (Lipinski definition) is 6. The van der Waals surface area contributed by atoms with Gasteiger partial charge in [-0.25, -0.2) is 13.6 Å². The van der Waals surface area contributed by atoms with E-state index in [0.717, 1.165) is 6.07 Å². The average molecular weight is 494 g/mol. The predicted octanol–water partition coefficient (Wildman–Crippen LogP) is 2.34. The van der Waals surface area contributed by atoms with Crippen LogP contribution in [0.15, 0.2) is 74.4 Å². The topological polar surface area (TPSA) is 141 Å². The third-order valence-electron chi connectivity index (χ3n) is 3.81. The van der Waals surface area contributed by atoms with Crippen LogP contribution >= 0.6 is 15.9 Å². The van der Waals surface area contributed by atoms with Crippen LogP contribution in [-0.4, -0.2) is 20.2 Å². The van der Waals surface area contributed by atoms with E-state index < -0.39 is 21.8 Å². The van der Waals surface area contributed by atoms with E-state index in [1.54, 1.807) is 18.2 Å². The summed E-state index contributed by atoms with van der Waals surface area (Å²) >= 11 is 3.15. The van der Waals surface area contributed by atoms with E-state index >= 15 is 0 Å². The van der Waals surface area contributed by atoms with Gasteiger partial charge in [0.2, 0.25) is 10.0 Å². The molecule has 0 saturated heterocycles. The number of sulfonamides is 1. The number of furan rings is 1. The molecule has 0 aliphatic rings. The molecule has 11 heteroatoms. The lowest BCUT2D eigenvalue weighted by molar-refractivity contribution is 0.0828. The van der Waals surface area contributed by atoms with Crippen LogP contribution in [0.4, 0.5) is 0 Å².